The largest absolute Gasteiger partial charge is 0.338 e. The van der Waals surface area contributed by atoms with Gasteiger partial charge < -0.3 is 15.5 Å². The molecule has 0 aliphatic carbocycles. The Morgan fingerprint density at radius 2 is 2.20 bits per heavy atom. The minimum absolute atomic E-state index is 0. The Kier molecular flexibility index (Phi) is 7.08. The topological polar surface area (TPSA) is 64.7 Å². The van der Waals surface area contributed by atoms with Gasteiger partial charge in [-0.1, -0.05) is 13.0 Å². The van der Waals surface area contributed by atoms with Crippen LogP contribution >= 0.6 is 12.4 Å². The average Bonchev–Trinajstić information content (AvgIpc) is 3.14. The van der Waals surface area contributed by atoms with E-state index in [2.05, 4.69) is 17.6 Å². The van der Waals surface area contributed by atoms with Gasteiger partial charge in [0.15, 0.2) is 0 Å². The van der Waals surface area contributed by atoms with Crippen molar-refractivity contribution in [3.8, 4) is 0 Å². The van der Waals surface area contributed by atoms with E-state index in [1.165, 1.54) is 0 Å². The Morgan fingerprint density at radius 1 is 1.36 bits per heavy atom. The first kappa shape index (κ1) is 19.5. The lowest BCUT2D eigenvalue weighted by atomic mass is 10.1. The second-order valence-corrected chi connectivity index (χ2v) is 6.43. The first-order valence-electron chi connectivity index (χ1n) is 8.88. The van der Waals surface area contributed by atoms with E-state index in [0.717, 1.165) is 44.6 Å². The first-order valence-corrected chi connectivity index (χ1v) is 8.88. The molecule has 3 amide bonds. The second kappa shape index (κ2) is 9.06. The summed E-state index contributed by atoms with van der Waals surface area (Å²) in [5, 5.41) is 6.18. The van der Waals surface area contributed by atoms with E-state index in [9.17, 15) is 9.59 Å². The van der Waals surface area contributed by atoms with Crippen molar-refractivity contribution in [2.24, 2.45) is 0 Å². The lowest BCUT2D eigenvalue weighted by molar-refractivity contribution is 0.0692. The Labute approximate surface area is 155 Å². The number of hydrogen-bond donors (Lipinski definition) is 2. The highest BCUT2D eigenvalue weighted by molar-refractivity contribution is 5.98. The lowest BCUT2D eigenvalue weighted by Crippen LogP contribution is -2.46. The summed E-state index contributed by atoms with van der Waals surface area (Å²) in [4.78, 5) is 28.7. The quantitative estimate of drug-likeness (QED) is 0.840. The molecule has 1 aromatic carbocycles. The highest BCUT2D eigenvalue weighted by atomic mass is 35.5. The van der Waals surface area contributed by atoms with E-state index >= 15 is 0 Å². The first-order chi connectivity index (χ1) is 11.7. The predicted octanol–water partition coefficient (Wildman–Crippen LogP) is 2.24. The van der Waals surface area contributed by atoms with Crippen LogP contribution in [0.5, 0.6) is 0 Å². The number of nitrogens with zero attached hydrogens (tertiary/aromatic N) is 2. The van der Waals surface area contributed by atoms with Crippen LogP contribution < -0.4 is 15.5 Å². The van der Waals surface area contributed by atoms with Crippen molar-refractivity contribution in [1.29, 1.82) is 0 Å². The molecule has 1 aromatic rings. The molecule has 25 heavy (non-hydrogen) atoms. The van der Waals surface area contributed by atoms with Crippen molar-refractivity contribution < 1.29 is 9.59 Å². The summed E-state index contributed by atoms with van der Waals surface area (Å²) in [6.07, 6.45) is 2.86. The molecule has 1 atom stereocenters. The molecule has 2 aliphatic heterocycles. The molecule has 2 fully saturated rings. The van der Waals surface area contributed by atoms with E-state index in [0.29, 0.717) is 18.7 Å². The number of carbonyl (C=O) groups excluding carboxylic acids is 2. The molecule has 0 bridgehead atoms. The van der Waals surface area contributed by atoms with Crippen LogP contribution in [0.25, 0.3) is 0 Å². The molecular weight excluding hydrogens is 340 g/mol. The summed E-state index contributed by atoms with van der Waals surface area (Å²) < 4.78 is 0. The van der Waals surface area contributed by atoms with Crippen molar-refractivity contribution in [3.05, 3.63) is 29.8 Å². The van der Waals surface area contributed by atoms with Crippen LogP contribution in [0.3, 0.4) is 0 Å². The molecule has 2 heterocycles. The van der Waals surface area contributed by atoms with Crippen LogP contribution in [0.4, 0.5) is 10.5 Å². The van der Waals surface area contributed by atoms with Gasteiger partial charge in [-0.25, -0.2) is 4.79 Å². The number of carbonyl (C=O) groups is 2. The van der Waals surface area contributed by atoms with Gasteiger partial charge in [0.1, 0.15) is 0 Å². The van der Waals surface area contributed by atoms with Crippen molar-refractivity contribution >= 4 is 30.0 Å². The van der Waals surface area contributed by atoms with Gasteiger partial charge in [0, 0.05) is 43.5 Å². The van der Waals surface area contributed by atoms with Crippen LogP contribution in [-0.2, 0) is 0 Å². The van der Waals surface area contributed by atoms with Crippen molar-refractivity contribution in [3.63, 3.8) is 0 Å². The fraction of sp³-hybridized carbons (Fsp3) is 0.556. The van der Waals surface area contributed by atoms with Crippen LogP contribution in [0.15, 0.2) is 24.3 Å². The zero-order valence-electron chi connectivity index (χ0n) is 14.7. The van der Waals surface area contributed by atoms with Gasteiger partial charge in [-0.15, -0.1) is 12.4 Å². The standard InChI is InChI=1S/C18H26N4O2.ClH/c1-2-10-21(16-7-9-19-13-16)17(23)14-5-3-6-15(12-14)22-11-4-8-20-18(22)24;/h3,5-6,12,16,19H,2,4,7-11,13H2,1H3,(H,20,24);1H. The second-order valence-electron chi connectivity index (χ2n) is 6.43. The van der Waals surface area contributed by atoms with E-state index in [-0.39, 0.29) is 30.4 Å². The summed E-state index contributed by atoms with van der Waals surface area (Å²) in [6, 6.07) is 7.62. The van der Waals surface area contributed by atoms with Crippen LogP contribution in [0.1, 0.15) is 36.5 Å². The Balaban J connectivity index is 0.00000225. The number of nitrogens with one attached hydrogen (secondary N) is 2. The molecule has 2 aliphatic rings. The zero-order valence-corrected chi connectivity index (χ0v) is 15.5. The third-order valence-electron chi connectivity index (χ3n) is 4.69. The fourth-order valence-corrected chi connectivity index (χ4v) is 3.44. The minimum atomic E-state index is -0.0868. The monoisotopic (exact) mass is 366 g/mol. The number of hydrogen-bond acceptors (Lipinski definition) is 3. The normalized spacial score (nSPS) is 20.0. The molecule has 0 saturated carbocycles. The van der Waals surface area contributed by atoms with Gasteiger partial charge in [-0.3, -0.25) is 9.69 Å². The number of halogens is 1. The van der Waals surface area contributed by atoms with Gasteiger partial charge in [0.25, 0.3) is 5.91 Å². The molecule has 2 saturated heterocycles. The summed E-state index contributed by atoms with van der Waals surface area (Å²) in [7, 11) is 0. The summed E-state index contributed by atoms with van der Waals surface area (Å²) in [5.74, 6) is 0.0600. The maximum absolute atomic E-state index is 13.0. The third kappa shape index (κ3) is 4.44. The van der Waals surface area contributed by atoms with Crippen LogP contribution in [-0.4, -0.2) is 55.6 Å². The molecule has 0 aromatic heterocycles. The molecular formula is C18H27ClN4O2. The lowest BCUT2D eigenvalue weighted by Gasteiger charge is -2.30. The molecule has 3 rings (SSSR count). The third-order valence-corrected chi connectivity index (χ3v) is 4.69. The number of amides is 3. The van der Waals surface area contributed by atoms with Crippen molar-refractivity contribution in [1.82, 2.24) is 15.5 Å². The summed E-state index contributed by atoms with van der Waals surface area (Å²) in [5.41, 5.74) is 1.45. The molecule has 138 valence electrons. The van der Waals surface area contributed by atoms with E-state index in [1.54, 1.807) is 4.90 Å². The molecule has 2 N–H and O–H groups in total. The maximum Gasteiger partial charge on any atom is 0.321 e. The molecule has 0 spiro atoms. The molecule has 1 unspecified atom stereocenters. The number of anilines is 1. The van der Waals surface area contributed by atoms with E-state index < -0.39 is 0 Å². The number of benzene rings is 1. The van der Waals surface area contributed by atoms with Crippen LogP contribution in [0, 0.1) is 0 Å². The predicted molar refractivity (Wildman–Crippen MR) is 102 cm³/mol. The van der Waals surface area contributed by atoms with E-state index in [1.807, 2.05) is 29.2 Å². The maximum atomic E-state index is 13.0. The average molecular weight is 367 g/mol. The molecule has 0 radical (unpaired) electrons. The molecule has 7 heteroatoms. The van der Waals surface area contributed by atoms with Gasteiger partial charge in [-0.2, -0.15) is 0 Å². The van der Waals surface area contributed by atoms with Gasteiger partial charge in [0.05, 0.1) is 0 Å². The van der Waals surface area contributed by atoms with Crippen molar-refractivity contribution in [2.45, 2.75) is 32.2 Å². The highest BCUT2D eigenvalue weighted by Crippen LogP contribution is 2.21. The van der Waals surface area contributed by atoms with Gasteiger partial charge in [0.2, 0.25) is 0 Å². The minimum Gasteiger partial charge on any atom is -0.338 e. The Hall–Kier alpha value is -1.79. The number of rotatable bonds is 5. The van der Waals surface area contributed by atoms with E-state index in [4.69, 9.17) is 0 Å². The van der Waals surface area contributed by atoms with Crippen molar-refractivity contribution in [2.75, 3.05) is 37.6 Å². The SMILES string of the molecule is CCCN(C(=O)c1cccc(N2CCCNC2=O)c1)C1CCNC1.Cl. The fourth-order valence-electron chi connectivity index (χ4n) is 3.44. The highest BCUT2D eigenvalue weighted by Gasteiger charge is 2.27. The van der Waals surface area contributed by atoms with Crippen LogP contribution in [0.2, 0.25) is 0 Å². The molecule has 6 nitrogen and oxygen atoms in total. The number of urea groups is 1. The summed E-state index contributed by atoms with van der Waals surface area (Å²) in [6.45, 7) is 6.09. The zero-order chi connectivity index (χ0) is 16.9. The van der Waals surface area contributed by atoms with Gasteiger partial charge in [-0.05, 0) is 44.0 Å². The smallest absolute Gasteiger partial charge is 0.321 e. The van der Waals surface area contributed by atoms with Gasteiger partial charge >= 0.3 is 6.03 Å². The summed E-state index contributed by atoms with van der Waals surface area (Å²) >= 11 is 0. The Morgan fingerprint density at radius 3 is 2.88 bits per heavy atom. The Bertz CT molecular complexity index is 604.